The Bertz CT molecular complexity index is 5490. The molecule has 0 saturated carbocycles. The van der Waals surface area contributed by atoms with Crippen molar-refractivity contribution in [1.29, 1.82) is 0 Å². The number of aromatic hydroxyl groups is 2. The minimum Gasteiger partial charge on any atom is -0.508 e. The summed E-state index contributed by atoms with van der Waals surface area (Å²) < 4.78 is 35.3. The van der Waals surface area contributed by atoms with E-state index in [0.717, 1.165) is 42.7 Å². The van der Waals surface area contributed by atoms with Crippen LogP contribution in [0.25, 0.3) is 10.9 Å². The van der Waals surface area contributed by atoms with E-state index in [1.54, 1.807) is 105 Å². The zero-order valence-corrected chi connectivity index (χ0v) is 77.8. The van der Waals surface area contributed by atoms with Crippen LogP contribution in [-0.2, 0) is 120 Å². The lowest BCUT2D eigenvalue weighted by atomic mass is 9.98. The lowest BCUT2D eigenvalue weighted by Crippen LogP contribution is -2.62. The fraction of sp³-hybridized carbons (Fsp3) is 0.438. The number of benzene rings is 6. The molecule has 15 atom stereocenters. The fourth-order valence-corrected chi connectivity index (χ4v) is 17.6. The van der Waals surface area contributed by atoms with Gasteiger partial charge in [-0.3, -0.25) is 76.7 Å². The Morgan fingerprint density at radius 3 is 1.53 bits per heavy atom. The van der Waals surface area contributed by atoms with Gasteiger partial charge < -0.3 is 113 Å². The summed E-state index contributed by atoms with van der Waals surface area (Å²) in [5.41, 5.74) is 8.05. The molecule has 137 heavy (non-hydrogen) atoms. The number of aliphatic hydroxyl groups excluding tert-OH is 2. The summed E-state index contributed by atoms with van der Waals surface area (Å²) in [4.78, 5) is 247. The zero-order chi connectivity index (χ0) is 99.8. The number of H-pyrrole nitrogens is 1. The molecular formula is C96H118F2N16O22S. The van der Waals surface area contributed by atoms with Crippen molar-refractivity contribution in [1.82, 2.24) is 77.3 Å². The summed E-state index contributed by atoms with van der Waals surface area (Å²) in [5.74, 6) is -22.6. The normalized spacial score (nSPS) is 24.3. The van der Waals surface area contributed by atoms with E-state index in [1.807, 2.05) is 0 Å². The van der Waals surface area contributed by atoms with Crippen LogP contribution in [0.2, 0.25) is 0 Å². The number of ether oxygens (including phenoxy) is 1. The molecule has 41 heteroatoms. The minimum atomic E-state index is -2.06. The smallest absolute Gasteiger partial charge is 0.305 e. The number of aliphatic carboxylic acids is 1. The van der Waals surface area contributed by atoms with Gasteiger partial charge in [0.1, 0.15) is 90.0 Å². The fourth-order valence-electron chi connectivity index (χ4n) is 16.8. The number of carboxylic acids is 1. The second kappa shape index (κ2) is 49.0. The summed E-state index contributed by atoms with van der Waals surface area (Å²) in [7, 11) is 4.94. The third-order valence-electron chi connectivity index (χ3n) is 24.1. The van der Waals surface area contributed by atoms with Crippen molar-refractivity contribution < 1.29 is 116 Å². The highest BCUT2D eigenvalue weighted by atomic mass is 32.2. The van der Waals surface area contributed by atoms with Gasteiger partial charge >= 0.3 is 5.97 Å². The van der Waals surface area contributed by atoms with E-state index in [2.05, 4.69) is 52.8 Å². The van der Waals surface area contributed by atoms with E-state index in [0.29, 0.717) is 50.5 Å². The van der Waals surface area contributed by atoms with Crippen LogP contribution in [-0.4, -0.2) is 306 Å². The molecule has 15 amide bonds. The molecule has 3 fully saturated rings. The van der Waals surface area contributed by atoms with Gasteiger partial charge in [0, 0.05) is 129 Å². The maximum Gasteiger partial charge on any atom is 0.305 e. The Hall–Kier alpha value is -13.9. The summed E-state index contributed by atoms with van der Waals surface area (Å²) >= 11 is 0.697. The molecule has 0 aliphatic carbocycles. The number of phenols is 2. The van der Waals surface area contributed by atoms with Crippen LogP contribution in [0.15, 0.2) is 158 Å². The second-order valence-corrected chi connectivity index (χ2v) is 36.3. The number of hydrogen-bond donors (Lipinski definition) is 16. The van der Waals surface area contributed by atoms with Crippen molar-refractivity contribution >= 4 is 117 Å². The van der Waals surface area contributed by atoms with Crippen LogP contribution in [0, 0.1) is 23.5 Å². The lowest BCUT2D eigenvalue weighted by molar-refractivity contribution is -0.153. The standard InChI is InChI=1S/C96H118F2N16O22S/c1-52(2)35-68-85(124)108-74(84(123)101-47-80(99)119)50-137-51-81(120)102-72(39-58-27-32-65(97)66(98)36-58)92(131)112(7)79(41-55-19-13-10-14-20-55)94(133)110(5)75(33-34-136-8)95(134)114-49-63(118)44-78(114)91(130)106-71(45-82(121)122)88(127)109-83(53(3)4)96(135)111(6)76(40-54-17-11-9-12-18-54)89(128)107-73(38-57-25-30-61(116)31-26-57)93(132)113-48-62(117)43-77(113)90(129)105-70(42-59-46-100-67-22-16-15-21-64(59)67)87(126)104-69(86(125)103-68)37-56-23-28-60(115)29-24-56/h9-32,36,46,52-53,62-63,68-79,83,100,115-118H,33-35,37-45,47-51H2,1-8H3,(H2,99,119)(H,101,123)(H,102,120)(H,103,125)(H,104,126)(H,105,129)(H,106,130)(H,107,128)(H,108,124)(H,109,127)(H,121,122)/t62-,63-,68-,69-,70-,71-,72-,73-,74-,75-,76-,77+,78+,79?,83-/m0/s1. The maximum atomic E-state index is 15.8. The van der Waals surface area contributed by atoms with Gasteiger partial charge in [-0.2, -0.15) is 0 Å². The second-order valence-electron chi connectivity index (χ2n) is 35.2. The van der Waals surface area contributed by atoms with Gasteiger partial charge in [-0.05, 0) is 94.1 Å². The highest BCUT2D eigenvalue weighted by molar-refractivity contribution is 8.00. The molecule has 0 radical (unpaired) electrons. The molecule has 38 nitrogen and oxygen atoms in total. The molecule has 0 spiro atoms. The Morgan fingerprint density at radius 1 is 0.496 bits per heavy atom. The third-order valence-corrected chi connectivity index (χ3v) is 25.2. The molecule has 1 unspecified atom stereocenters. The number of rotatable bonds is 23. The number of carbonyl (C=O) groups is 16. The summed E-state index contributed by atoms with van der Waals surface area (Å²) in [6, 6.07) is 15.1. The van der Waals surface area contributed by atoms with Crippen LogP contribution in [0.3, 0.4) is 0 Å². The molecule has 6 aromatic carbocycles. The Labute approximate surface area is 793 Å². The SMILES string of the molecule is COCC[C@H]1C(=O)N2C[C@@H](O)C[C@@H]2C(=O)N[C@@H](CC(=O)O)C(=O)N[C@@H](C(C)C)C(=O)N(C)[C@@H](Cc2ccccc2)C(=O)N[C@@H](Cc2ccc(O)cc2)C(=O)N2C[C@@H](O)C[C@@H]2C(=O)N[C@@H](Cc2c[nH]c3ccccc23)C(=O)N[C@@H](Cc2ccc(O)cc2)C(=O)N[C@@H](CC(C)C)C(=O)N[C@H](C(=O)NCC(N)=O)CSCC(=O)N[C@@H](Cc2ccc(F)c(F)c2)C(=O)N(C)C(Cc2ccccc2)C(=O)N1C. The number of nitrogens with two attached hydrogens (primary N) is 1. The number of aliphatic hydroxyl groups is 2. The molecule has 1 aromatic heterocycles. The monoisotopic (exact) mass is 1920 g/mol. The quantitative estimate of drug-likeness (QED) is 0.0414. The number of aromatic amines is 1. The van der Waals surface area contributed by atoms with Gasteiger partial charge in [-0.25, -0.2) is 8.78 Å². The number of nitrogens with one attached hydrogen (secondary N) is 10. The summed E-state index contributed by atoms with van der Waals surface area (Å²) in [5, 5.41) is 78.5. The van der Waals surface area contributed by atoms with E-state index in [4.69, 9.17) is 10.5 Å². The molecule has 7 aromatic rings. The van der Waals surface area contributed by atoms with Crippen molar-refractivity contribution in [2.45, 2.75) is 189 Å². The predicted molar refractivity (Wildman–Crippen MR) is 496 cm³/mol. The van der Waals surface area contributed by atoms with Crippen LogP contribution >= 0.6 is 11.8 Å². The van der Waals surface area contributed by atoms with Crippen LogP contribution < -0.4 is 53.6 Å². The van der Waals surface area contributed by atoms with Gasteiger partial charge in [0.25, 0.3) is 0 Å². The largest absolute Gasteiger partial charge is 0.508 e. The van der Waals surface area contributed by atoms with Gasteiger partial charge in [0.2, 0.25) is 88.6 Å². The number of likely N-dealkylation sites (N-methyl/N-ethyl adjacent to an activating group) is 3. The van der Waals surface area contributed by atoms with Gasteiger partial charge in [-0.15, -0.1) is 11.8 Å². The molecule has 3 aliphatic rings. The first-order valence-electron chi connectivity index (χ1n) is 44.8. The van der Waals surface area contributed by atoms with Gasteiger partial charge in [0.15, 0.2) is 11.6 Å². The van der Waals surface area contributed by atoms with Gasteiger partial charge in [-0.1, -0.05) is 137 Å². The zero-order valence-electron chi connectivity index (χ0n) is 77.0. The highest BCUT2D eigenvalue weighted by Gasteiger charge is 2.49. The third kappa shape index (κ3) is 29.1. The Kier molecular flexibility index (Phi) is 37.6. The average molecular weight is 1920 g/mol. The predicted octanol–water partition coefficient (Wildman–Crippen LogP) is 0.458. The summed E-state index contributed by atoms with van der Waals surface area (Å²) in [6.07, 6.45) is -6.21. The van der Waals surface area contributed by atoms with E-state index in [1.165, 1.54) is 90.6 Å². The number of hydrogen-bond acceptors (Lipinski definition) is 22. The lowest BCUT2D eigenvalue weighted by Gasteiger charge is -2.37. The van der Waals surface area contributed by atoms with Crippen LogP contribution in [0.4, 0.5) is 8.78 Å². The number of amides is 15. The number of primary amides is 1. The van der Waals surface area contributed by atoms with E-state index in [-0.39, 0.29) is 68.6 Å². The molecule has 17 N–H and O–H groups in total. The number of carboxylic acid groups (broad SMARTS) is 1. The van der Waals surface area contributed by atoms with E-state index in [9.17, 15) is 58.7 Å². The van der Waals surface area contributed by atoms with Gasteiger partial charge in [0.05, 0.1) is 30.9 Å². The van der Waals surface area contributed by atoms with Crippen molar-refractivity contribution in [3.05, 3.63) is 203 Å². The van der Waals surface area contributed by atoms with Crippen molar-refractivity contribution in [3.8, 4) is 11.5 Å². The topological polar surface area (TPSA) is 550 Å². The number of para-hydroxylation sites is 1. The Morgan fingerprint density at radius 2 is 0.971 bits per heavy atom. The number of aromatic nitrogens is 1. The van der Waals surface area contributed by atoms with Crippen LogP contribution in [0.5, 0.6) is 11.5 Å². The molecule has 3 saturated heterocycles. The molecule has 3 aliphatic heterocycles. The number of methoxy groups -OCH3 is 1. The van der Waals surface area contributed by atoms with E-state index < -0.39 is 266 Å². The molecular weight excluding hydrogens is 1800 g/mol. The first kappa shape index (κ1) is 105. The van der Waals surface area contributed by atoms with Crippen molar-refractivity contribution in [2.75, 3.05) is 66.0 Å². The number of thioether (sulfide) groups is 1. The van der Waals surface area contributed by atoms with Crippen LogP contribution in [0.1, 0.15) is 93.2 Å². The van der Waals surface area contributed by atoms with Crippen molar-refractivity contribution in [3.63, 3.8) is 0 Å². The highest BCUT2D eigenvalue weighted by Crippen LogP contribution is 2.29. The van der Waals surface area contributed by atoms with E-state index >= 15 is 52.3 Å². The first-order valence-corrected chi connectivity index (χ1v) is 46.0. The molecule has 734 valence electrons. The average Bonchev–Trinajstić information content (AvgIpc) is 1.72. The number of halogens is 2. The number of carbonyl (C=O) groups excluding carboxylic acids is 15. The molecule has 4 heterocycles. The summed E-state index contributed by atoms with van der Waals surface area (Å²) in [6.45, 7) is 4.29. The maximum absolute atomic E-state index is 15.8. The number of phenolic OH excluding ortho intramolecular Hbond substituents is 2. The Balaban J connectivity index is 1.07. The number of fused-ring (bicyclic) bond motifs is 3. The van der Waals surface area contributed by atoms with Crippen molar-refractivity contribution in [2.24, 2.45) is 17.6 Å². The first-order chi connectivity index (χ1) is 65.1. The number of nitrogens with zero attached hydrogens (tertiary/aromatic N) is 5. The molecule has 0 bridgehead atoms. The minimum absolute atomic E-state index is 0.0431. The molecule has 10 rings (SSSR count).